The summed E-state index contributed by atoms with van der Waals surface area (Å²) >= 11 is 0. The molecule has 1 fully saturated rings. The number of nitrogen functional groups attached to an aromatic ring is 1. The molecule has 226 valence electrons. The number of carbonyl (C=O) groups is 1. The highest BCUT2D eigenvalue weighted by molar-refractivity contribution is 7.52. The lowest BCUT2D eigenvalue weighted by Crippen LogP contribution is -2.41. The second kappa shape index (κ2) is 13.2. The number of nitrogens with two attached hydrogens (primary N) is 1. The molecule has 3 heterocycles. The van der Waals surface area contributed by atoms with Crippen molar-refractivity contribution >= 4 is 25.1 Å². The van der Waals surface area contributed by atoms with E-state index in [9.17, 15) is 24.8 Å². The predicted molar refractivity (Wildman–Crippen MR) is 150 cm³/mol. The number of anilines is 1. The molecule has 0 spiro atoms. The number of ether oxygens (including phenoxy) is 2. The van der Waals surface area contributed by atoms with Gasteiger partial charge in [-0.3, -0.25) is 9.32 Å². The maximum Gasteiger partial charge on any atom is 0.459 e. The largest absolute Gasteiger partial charge is 0.464 e. The summed E-state index contributed by atoms with van der Waals surface area (Å²) in [6.45, 7) is -0.790. The zero-order valence-electron chi connectivity index (χ0n) is 26.9. The first-order chi connectivity index (χ1) is 21.6. The molecule has 4 rings (SSSR count). The van der Waals surface area contributed by atoms with Crippen LogP contribution in [0.15, 0.2) is 48.8 Å². The molecule has 0 radical (unpaired) electrons. The van der Waals surface area contributed by atoms with Crippen LogP contribution in [0.3, 0.4) is 0 Å². The van der Waals surface area contributed by atoms with Crippen molar-refractivity contribution in [3.8, 4) is 11.8 Å². The van der Waals surface area contributed by atoms with E-state index in [1.54, 1.807) is 6.07 Å². The van der Waals surface area contributed by atoms with Gasteiger partial charge >= 0.3 is 13.7 Å². The Labute approximate surface area is 248 Å². The van der Waals surface area contributed by atoms with Gasteiger partial charge in [0, 0.05) is 4.11 Å². The molecule has 2 aromatic heterocycles. The second-order valence-electron chi connectivity index (χ2n) is 9.57. The number of esters is 1. The number of benzene rings is 1. The van der Waals surface area contributed by atoms with Gasteiger partial charge in [-0.2, -0.15) is 15.4 Å². The van der Waals surface area contributed by atoms with Gasteiger partial charge in [-0.05, 0) is 37.0 Å². The lowest BCUT2D eigenvalue weighted by Gasteiger charge is -2.25. The highest BCUT2D eigenvalue weighted by Gasteiger charge is 2.58. The van der Waals surface area contributed by atoms with Crippen LogP contribution in [0.4, 0.5) is 5.82 Å². The van der Waals surface area contributed by atoms with Crippen LogP contribution in [0.25, 0.3) is 5.52 Å². The Morgan fingerprint density at radius 1 is 1.33 bits per heavy atom. The third-order valence-corrected chi connectivity index (χ3v) is 8.36. The summed E-state index contributed by atoms with van der Waals surface area (Å²) in [5, 5.41) is 38.1. The summed E-state index contributed by atoms with van der Waals surface area (Å²) in [7, 11) is -5.03. The summed E-state index contributed by atoms with van der Waals surface area (Å²) in [6.07, 6.45) is -2.92. The zero-order chi connectivity index (χ0) is 33.9. The lowest BCUT2D eigenvalue weighted by molar-refractivity contribution is -0.146. The Kier molecular flexibility index (Phi) is 8.18. The number of nitrogens with zero attached hydrogens (tertiary/aromatic N) is 4. The standard InChI is InChI=1S/C27H35N6O8P/c1-4-18(5-2)13-38-26(36)17(3)32-42(37,41-19-9-7-6-8-10-19)39-14-21-23(34)24(35)27(15-28,40-21)22-12-11-20-25(29)30-16-31-33(20)22/h6-12,16-18,21,23-24,34-35H,4-5,13-14H2,1-3H3,(H,32,37)(H2,29,30,31)/t17-,21+,23+,24+,27-,42+/m0/s1/i3D3,17D. The molecule has 1 aliphatic heterocycles. The molecule has 1 aliphatic rings. The molecule has 15 heteroatoms. The van der Waals surface area contributed by atoms with E-state index in [0.717, 1.165) is 6.33 Å². The molecule has 42 heavy (non-hydrogen) atoms. The Morgan fingerprint density at radius 3 is 2.74 bits per heavy atom. The number of aliphatic hydroxyl groups is 2. The molecule has 6 atom stereocenters. The number of fused-ring (bicyclic) bond motifs is 1. The van der Waals surface area contributed by atoms with Gasteiger partial charge in [0.1, 0.15) is 48.0 Å². The number of hydrogen-bond donors (Lipinski definition) is 4. The van der Waals surface area contributed by atoms with Crippen LogP contribution in [0.1, 0.15) is 44.7 Å². The van der Waals surface area contributed by atoms with Crippen molar-refractivity contribution in [1.29, 1.82) is 5.26 Å². The first kappa shape index (κ1) is 26.1. The summed E-state index contributed by atoms with van der Waals surface area (Å²) in [6, 6.07) is 8.76. The van der Waals surface area contributed by atoms with E-state index in [4.69, 9.17) is 29.7 Å². The number of carbonyl (C=O) groups excluding carboxylic acids is 1. The van der Waals surface area contributed by atoms with Crippen molar-refractivity contribution in [1.82, 2.24) is 19.7 Å². The molecule has 0 bridgehead atoms. The first-order valence-corrected chi connectivity index (χ1v) is 14.7. The second-order valence-corrected chi connectivity index (χ2v) is 11.2. The Hall–Kier alpha value is -3.57. The average Bonchev–Trinajstić information content (AvgIpc) is 3.56. The van der Waals surface area contributed by atoms with Gasteiger partial charge < -0.3 is 29.9 Å². The van der Waals surface area contributed by atoms with E-state index in [1.165, 1.54) is 40.9 Å². The van der Waals surface area contributed by atoms with Gasteiger partial charge in [0.25, 0.3) is 0 Å². The molecule has 1 saturated heterocycles. The molecule has 5 N–H and O–H groups in total. The van der Waals surface area contributed by atoms with Crippen LogP contribution >= 0.6 is 7.75 Å². The predicted octanol–water partition coefficient (Wildman–Crippen LogP) is 2.31. The van der Waals surface area contributed by atoms with Crippen LogP contribution in [0, 0.1) is 17.2 Å². The maximum atomic E-state index is 14.2. The minimum Gasteiger partial charge on any atom is -0.464 e. The van der Waals surface area contributed by atoms with Crippen LogP contribution in [0.5, 0.6) is 5.75 Å². The minimum atomic E-state index is -5.03. The van der Waals surface area contributed by atoms with Crippen molar-refractivity contribution in [2.75, 3.05) is 18.9 Å². The van der Waals surface area contributed by atoms with Crippen molar-refractivity contribution < 1.29 is 43.6 Å². The zero-order valence-corrected chi connectivity index (χ0v) is 23.8. The number of hydrogen-bond acceptors (Lipinski definition) is 12. The Bertz CT molecular complexity index is 1620. The molecule has 0 saturated carbocycles. The topological polar surface area (TPSA) is 204 Å². The fourth-order valence-electron chi connectivity index (χ4n) is 4.40. The SMILES string of the molecule is [2H]C([2H])([2H])[C@]([2H])(N[P@@](=O)(OC[C@H]1O[C@@](C#N)(c2ccc3c(N)ncnn23)[C@H](O)[C@@H]1O)Oc1ccccc1)C(=O)OCC(CC)CC. The van der Waals surface area contributed by atoms with Crippen molar-refractivity contribution in [2.24, 2.45) is 5.92 Å². The van der Waals surface area contributed by atoms with Crippen LogP contribution < -0.4 is 15.3 Å². The molecule has 0 amide bonds. The summed E-state index contributed by atoms with van der Waals surface area (Å²) in [5.74, 6) is -1.68. The van der Waals surface area contributed by atoms with E-state index < -0.39 is 57.1 Å². The van der Waals surface area contributed by atoms with Crippen molar-refractivity contribution in [3.63, 3.8) is 0 Å². The molecular weight excluding hydrogens is 567 g/mol. The minimum absolute atomic E-state index is 0.0113. The average molecular weight is 607 g/mol. The molecule has 0 unspecified atom stereocenters. The van der Waals surface area contributed by atoms with E-state index in [1.807, 2.05) is 25.0 Å². The van der Waals surface area contributed by atoms with Gasteiger partial charge in [0.05, 0.1) is 20.3 Å². The van der Waals surface area contributed by atoms with Gasteiger partial charge in [0.15, 0.2) is 5.82 Å². The number of aliphatic hydroxyl groups excluding tert-OH is 2. The van der Waals surface area contributed by atoms with Gasteiger partial charge in [-0.1, -0.05) is 44.9 Å². The number of aromatic nitrogens is 3. The molecular formula is C27H35N6O8P. The van der Waals surface area contributed by atoms with Gasteiger partial charge in [-0.25, -0.2) is 14.1 Å². The summed E-state index contributed by atoms with van der Waals surface area (Å²) < 4.78 is 69.8. The number of nitrogens with one attached hydrogen (secondary N) is 1. The summed E-state index contributed by atoms with van der Waals surface area (Å²) in [5.41, 5.74) is 3.93. The Morgan fingerprint density at radius 2 is 2.07 bits per heavy atom. The number of rotatable bonds is 13. The van der Waals surface area contributed by atoms with Crippen molar-refractivity contribution in [2.45, 2.75) is 63.5 Å². The first-order valence-electron chi connectivity index (χ1n) is 15.1. The van der Waals surface area contributed by atoms with Gasteiger partial charge in [-0.15, -0.1) is 0 Å². The van der Waals surface area contributed by atoms with Crippen LogP contribution in [0.2, 0.25) is 0 Å². The quantitative estimate of drug-likeness (QED) is 0.163. The highest BCUT2D eigenvalue weighted by atomic mass is 31.2. The third kappa shape index (κ3) is 6.42. The van der Waals surface area contributed by atoms with Crippen LogP contribution in [-0.4, -0.2) is 68.3 Å². The summed E-state index contributed by atoms with van der Waals surface area (Å²) in [4.78, 5) is 17.0. The van der Waals surface area contributed by atoms with E-state index in [2.05, 4.69) is 10.1 Å². The smallest absolute Gasteiger partial charge is 0.459 e. The maximum absolute atomic E-state index is 14.2. The van der Waals surface area contributed by atoms with E-state index in [0.29, 0.717) is 12.8 Å². The van der Waals surface area contributed by atoms with Crippen molar-refractivity contribution in [3.05, 3.63) is 54.5 Å². The molecule has 14 nitrogen and oxygen atoms in total. The fraction of sp³-hybridized carbons (Fsp3) is 0.481. The molecule has 1 aromatic carbocycles. The molecule has 3 aromatic rings. The Balaban J connectivity index is 1.64. The monoisotopic (exact) mass is 606 g/mol. The lowest BCUT2D eigenvalue weighted by atomic mass is 9.92. The number of nitriles is 1. The highest BCUT2D eigenvalue weighted by Crippen LogP contribution is 2.47. The van der Waals surface area contributed by atoms with Crippen LogP contribution in [-0.2, 0) is 29.0 Å². The third-order valence-electron chi connectivity index (χ3n) is 6.92. The molecule has 0 aliphatic carbocycles. The normalized spacial score (nSPS) is 26.7. The van der Waals surface area contributed by atoms with Gasteiger partial charge in [0.2, 0.25) is 5.60 Å². The van der Waals surface area contributed by atoms with E-state index in [-0.39, 0.29) is 35.3 Å². The fourth-order valence-corrected chi connectivity index (χ4v) is 5.67. The number of para-hydroxylation sites is 1. The van der Waals surface area contributed by atoms with E-state index >= 15 is 0 Å².